The molecule has 0 saturated carbocycles. The Kier molecular flexibility index (Phi) is 4.10. The molecule has 3 aromatic rings. The monoisotopic (exact) mass is 327 g/mol. The van der Waals surface area contributed by atoms with Crippen molar-refractivity contribution in [2.24, 2.45) is 0 Å². The number of hydrogen-bond acceptors (Lipinski definition) is 1. The van der Waals surface area contributed by atoms with E-state index in [-0.39, 0.29) is 11.8 Å². The third-order valence-electron chi connectivity index (χ3n) is 4.99. The largest absolute Gasteiger partial charge is 0.311 e. The van der Waals surface area contributed by atoms with Crippen molar-refractivity contribution in [2.75, 3.05) is 11.4 Å². The van der Waals surface area contributed by atoms with Gasteiger partial charge in [-0.3, -0.25) is 4.79 Å². The van der Waals surface area contributed by atoms with Crippen LogP contribution in [0.25, 0.3) is 0 Å². The van der Waals surface area contributed by atoms with Crippen molar-refractivity contribution in [3.05, 3.63) is 102 Å². The number of carbonyl (C=O) groups excluding carboxylic acids is 1. The smallest absolute Gasteiger partial charge is 0.239 e. The number of nitrogens with zero attached hydrogens (tertiary/aromatic N) is 1. The number of hydrogen-bond donors (Lipinski definition) is 0. The van der Waals surface area contributed by atoms with Crippen LogP contribution in [0.2, 0.25) is 0 Å². The number of benzene rings is 3. The van der Waals surface area contributed by atoms with Gasteiger partial charge in [-0.1, -0.05) is 85.8 Å². The Labute approximate surface area is 148 Å². The summed E-state index contributed by atoms with van der Waals surface area (Å²) in [6, 6.07) is 28.4. The van der Waals surface area contributed by atoms with Gasteiger partial charge in [-0.2, -0.15) is 0 Å². The summed E-state index contributed by atoms with van der Waals surface area (Å²) in [6.45, 7) is 2.93. The number of rotatable bonds is 3. The first-order chi connectivity index (χ1) is 12.3. The Morgan fingerprint density at radius 3 is 1.96 bits per heavy atom. The van der Waals surface area contributed by atoms with E-state index in [1.807, 2.05) is 71.6 Å². The van der Waals surface area contributed by atoms with E-state index in [1.165, 1.54) is 5.56 Å². The van der Waals surface area contributed by atoms with Crippen LogP contribution in [0.1, 0.15) is 35.4 Å². The molecule has 4 rings (SSSR count). The van der Waals surface area contributed by atoms with Gasteiger partial charge in [0, 0.05) is 18.2 Å². The summed E-state index contributed by atoms with van der Waals surface area (Å²) >= 11 is 0. The molecule has 0 spiro atoms. The summed E-state index contributed by atoms with van der Waals surface area (Å²) in [5.41, 5.74) is 4.39. The average Bonchev–Trinajstić information content (AvgIpc) is 3.01. The number of carbonyl (C=O) groups is 1. The lowest BCUT2D eigenvalue weighted by Gasteiger charge is -2.25. The van der Waals surface area contributed by atoms with E-state index in [1.54, 1.807) is 0 Å². The van der Waals surface area contributed by atoms with E-state index in [2.05, 4.69) is 25.1 Å². The van der Waals surface area contributed by atoms with Crippen LogP contribution in [0.3, 0.4) is 0 Å². The molecule has 1 aliphatic heterocycles. The zero-order valence-corrected chi connectivity index (χ0v) is 14.3. The maximum Gasteiger partial charge on any atom is 0.239 e. The highest BCUT2D eigenvalue weighted by Gasteiger charge is 2.34. The molecule has 1 aliphatic rings. The highest BCUT2D eigenvalue weighted by atomic mass is 16.2. The first-order valence-electron chi connectivity index (χ1n) is 8.76. The Morgan fingerprint density at radius 1 is 0.840 bits per heavy atom. The number of anilines is 1. The van der Waals surface area contributed by atoms with Crippen LogP contribution in [-0.2, 0) is 4.79 Å². The molecule has 3 aromatic carbocycles. The molecule has 1 heterocycles. The van der Waals surface area contributed by atoms with E-state index in [0.29, 0.717) is 5.92 Å². The maximum atomic E-state index is 13.6. The lowest BCUT2D eigenvalue weighted by atomic mass is 9.90. The van der Waals surface area contributed by atoms with Gasteiger partial charge in [-0.05, 0) is 22.8 Å². The number of fused-ring (bicyclic) bond motifs is 1. The van der Waals surface area contributed by atoms with Gasteiger partial charge in [0.15, 0.2) is 0 Å². The Balaban J connectivity index is 1.77. The highest BCUT2D eigenvalue weighted by molar-refractivity contribution is 6.02. The number of para-hydroxylation sites is 1. The van der Waals surface area contributed by atoms with Crippen molar-refractivity contribution in [1.29, 1.82) is 0 Å². The van der Waals surface area contributed by atoms with Crippen molar-refractivity contribution in [3.8, 4) is 0 Å². The van der Waals surface area contributed by atoms with Crippen molar-refractivity contribution < 1.29 is 4.79 Å². The standard InChI is InChI=1S/C23H21NO/c1-17-16-24(21-15-9-8-14-20(17)21)23(25)22(18-10-4-2-5-11-18)19-12-6-3-7-13-19/h2-15,17,22H,16H2,1H3. The summed E-state index contributed by atoms with van der Waals surface area (Å²) in [4.78, 5) is 15.5. The van der Waals surface area contributed by atoms with Crippen molar-refractivity contribution >= 4 is 11.6 Å². The van der Waals surface area contributed by atoms with Crippen LogP contribution >= 0.6 is 0 Å². The van der Waals surface area contributed by atoms with Crippen molar-refractivity contribution in [1.82, 2.24) is 0 Å². The van der Waals surface area contributed by atoms with E-state index in [0.717, 1.165) is 23.4 Å². The molecule has 25 heavy (non-hydrogen) atoms. The molecular formula is C23H21NO. The molecule has 1 atom stereocenters. The Hall–Kier alpha value is -2.87. The normalized spacial score (nSPS) is 16.1. The van der Waals surface area contributed by atoms with Gasteiger partial charge in [-0.25, -0.2) is 0 Å². The molecule has 0 aromatic heterocycles. The van der Waals surface area contributed by atoms with Crippen LogP contribution < -0.4 is 4.90 Å². The molecule has 2 nitrogen and oxygen atoms in total. The van der Waals surface area contributed by atoms with Gasteiger partial charge in [0.05, 0.1) is 5.92 Å². The van der Waals surface area contributed by atoms with E-state index >= 15 is 0 Å². The molecule has 0 radical (unpaired) electrons. The van der Waals surface area contributed by atoms with E-state index in [4.69, 9.17) is 0 Å². The molecule has 2 heteroatoms. The molecule has 0 N–H and O–H groups in total. The third-order valence-corrected chi connectivity index (χ3v) is 4.99. The van der Waals surface area contributed by atoms with Crippen molar-refractivity contribution in [2.45, 2.75) is 18.8 Å². The molecule has 0 aliphatic carbocycles. The predicted octanol–water partition coefficient (Wildman–Crippen LogP) is 4.97. The van der Waals surface area contributed by atoms with E-state index in [9.17, 15) is 4.79 Å². The summed E-state index contributed by atoms with van der Waals surface area (Å²) in [6.07, 6.45) is 0. The van der Waals surface area contributed by atoms with Crippen LogP contribution in [0, 0.1) is 0 Å². The summed E-state index contributed by atoms with van der Waals surface area (Å²) < 4.78 is 0. The molecule has 1 unspecified atom stereocenters. The molecular weight excluding hydrogens is 306 g/mol. The van der Waals surface area contributed by atoms with Crippen LogP contribution in [0.15, 0.2) is 84.9 Å². The van der Waals surface area contributed by atoms with E-state index < -0.39 is 0 Å². The van der Waals surface area contributed by atoms with Gasteiger partial charge in [-0.15, -0.1) is 0 Å². The second-order valence-electron chi connectivity index (χ2n) is 6.66. The lowest BCUT2D eigenvalue weighted by Crippen LogP contribution is -2.34. The Bertz CT molecular complexity index is 833. The van der Waals surface area contributed by atoms with Gasteiger partial charge in [0.2, 0.25) is 5.91 Å². The fourth-order valence-electron chi connectivity index (χ4n) is 3.75. The predicted molar refractivity (Wildman–Crippen MR) is 102 cm³/mol. The first-order valence-corrected chi connectivity index (χ1v) is 8.76. The Morgan fingerprint density at radius 2 is 1.36 bits per heavy atom. The minimum Gasteiger partial charge on any atom is -0.311 e. The average molecular weight is 327 g/mol. The minimum absolute atomic E-state index is 0.147. The van der Waals surface area contributed by atoms with Gasteiger partial charge in [0.1, 0.15) is 0 Å². The SMILES string of the molecule is CC1CN(C(=O)C(c2ccccc2)c2ccccc2)c2ccccc21. The summed E-state index contributed by atoms with van der Waals surface area (Å²) in [5, 5.41) is 0. The molecule has 0 saturated heterocycles. The summed E-state index contributed by atoms with van der Waals surface area (Å²) in [7, 11) is 0. The quantitative estimate of drug-likeness (QED) is 0.665. The lowest BCUT2D eigenvalue weighted by molar-refractivity contribution is -0.119. The second kappa shape index (κ2) is 6.56. The maximum absolute atomic E-state index is 13.6. The van der Waals surface area contributed by atoms with Gasteiger partial charge < -0.3 is 4.90 Å². The second-order valence-corrected chi connectivity index (χ2v) is 6.66. The van der Waals surface area contributed by atoms with Crippen molar-refractivity contribution in [3.63, 3.8) is 0 Å². The first kappa shape index (κ1) is 15.6. The van der Waals surface area contributed by atoms with Crippen LogP contribution in [0.5, 0.6) is 0 Å². The fraction of sp³-hybridized carbons (Fsp3) is 0.174. The van der Waals surface area contributed by atoms with Gasteiger partial charge >= 0.3 is 0 Å². The highest BCUT2D eigenvalue weighted by Crippen LogP contribution is 2.38. The fourth-order valence-corrected chi connectivity index (χ4v) is 3.75. The van der Waals surface area contributed by atoms with Gasteiger partial charge in [0.25, 0.3) is 0 Å². The zero-order valence-electron chi connectivity index (χ0n) is 14.3. The molecule has 124 valence electrons. The number of amides is 1. The molecule has 1 amide bonds. The van der Waals surface area contributed by atoms with Crippen LogP contribution in [0.4, 0.5) is 5.69 Å². The minimum atomic E-state index is -0.277. The molecule has 0 fully saturated rings. The molecule has 0 bridgehead atoms. The topological polar surface area (TPSA) is 20.3 Å². The third kappa shape index (κ3) is 2.85. The summed E-state index contributed by atoms with van der Waals surface area (Å²) in [5.74, 6) is 0.238. The van der Waals surface area contributed by atoms with Crippen LogP contribution in [-0.4, -0.2) is 12.5 Å². The zero-order chi connectivity index (χ0) is 17.2.